The van der Waals surface area contributed by atoms with E-state index in [-0.39, 0.29) is 0 Å². The van der Waals surface area contributed by atoms with Crippen LogP contribution >= 0.6 is 0 Å². The number of anilines is 1. The fraction of sp³-hybridized carbons (Fsp3) is 0.407. The van der Waals surface area contributed by atoms with E-state index < -0.39 is 54.0 Å². The van der Waals surface area contributed by atoms with Crippen molar-refractivity contribution in [3.8, 4) is 5.75 Å². The Bertz CT molecular complexity index is 1080. The van der Waals surface area contributed by atoms with E-state index in [1.165, 1.54) is 4.90 Å². The fourth-order valence-corrected chi connectivity index (χ4v) is 3.67. The predicted molar refractivity (Wildman–Crippen MR) is 140 cm³/mol. The molecule has 0 aliphatic carbocycles. The molecule has 200 valence electrons. The lowest BCUT2D eigenvalue weighted by molar-refractivity contribution is -0.143. The van der Waals surface area contributed by atoms with E-state index in [2.05, 4.69) is 10.6 Å². The van der Waals surface area contributed by atoms with Gasteiger partial charge in [-0.1, -0.05) is 30.3 Å². The van der Waals surface area contributed by atoms with Crippen molar-refractivity contribution in [3.63, 3.8) is 0 Å². The van der Waals surface area contributed by atoms with Crippen molar-refractivity contribution in [1.29, 1.82) is 0 Å². The molecule has 4 N–H and O–H groups in total. The molecule has 0 heterocycles. The van der Waals surface area contributed by atoms with Crippen molar-refractivity contribution >= 4 is 29.5 Å². The van der Waals surface area contributed by atoms with Crippen LogP contribution in [-0.4, -0.2) is 53.5 Å². The molecule has 2 rings (SSSR count). The highest BCUT2D eigenvalue weighted by Crippen LogP contribution is 2.27. The van der Waals surface area contributed by atoms with Gasteiger partial charge in [0, 0.05) is 11.7 Å². The van der Waals surface area contributed by atoms with Crippen molar-refractivity contribution in [2.75, 3.05) is 12.4 Å². The lowest BCUT2D eigenvalue weighted by atomic mass is 10.00. The second kappa shape index (κ2) is 12.8. The Balaban J connectivity index is 2.46. The van der Waals surface area contributed by atoms with Crippen LogP contribution in [0.5, 0.6) is 5.75 Å². The lowest BCUT2D eigenvalue weighted by Gasteiger charge is -2.37. The van der Waals surface area contributed by atoms with Crippen LogP contribution in [0.2, 0.25) is 0 Å². The average molecular weight is 513 g/mol. The SMILES string of the molecule is COc1ccc(NC(=O)C(c2ccccc2)N(C(=O)C(CC(N)=O)NC(=O)OC(C)(C)C)C(C)C)cc1. The second-order valence-electron chi connectivity index (χ2n) is 9.74. The standard InChI is InChI=1S/C27H36N4O6/c1-17(2)31(25(34)21(16-22(28)32)30-26(35)37-27(3,4)5)23(18-10-8-7-9-11-18)24(33)29-19-12-14-20(36-6)15-13-19/h7-15,17,21,23H,16H2,1-6H3,(H2,28,32)(H,29,33)(H,30,35). The van der Waals surface area contributed by atoms with E-state index in [9.17, 15) is 19.2 Å². The number of methoxy groups -OCH3 is 1. The zero-order valence-electron chi connectivity index (χ0n) is 22.1. The number of alkyl carbamates (subject to hydrolysis) is 1. The summed E-state index contributed by atoms with van der Waals surface area (Å²) in [5, 5.41) is 5.29. The fourth-order valence-electron chi connectivity index (χ4n) is 3.67. The molecule has 10 heteroatoms. The minimum atomic E-state index is -1.34. The Morgan fingerprint density at radius 2 is 1.57 bits per heavy atom. The molecule has 4 amide bonds. The van der Waals surface area contributed by atoms with E-state index in [0.29, 0.717) is 17.0 Å². The van der Waals surface area contributed by atoms with Gasteiger partial charge in [0.15, 0.2) is 0 Å². The predicted octanol–water partition coefficient (Wildman–Crippen LogP) is 3.38. The highest BCUT2D eigenvalue weighted by molar-refractivity contribution is 5.99. The number of nitrogens with zero attached hydrogens (tertiary/aromatic N) is 1. The first kappa shape index (κ1) is 29.2. The Morgan fingerprint density at radius 3 is 2.05 bits per heavy atom. The lowest BCUT2D eigenvalue weighted by Crippen LogP contribution is -2.55. The molecular formula is C27H36N4O6. The molecule has 10 nitrogen and oxygen atoms in total. The van der Waals surface area contributed by atoms with Gasteiger partial charge in [-0.2, -0.15) is 0 Å². The van der Waals surface area contributed by atoms with Crippen molar-refractivity contribution < 1.29 is 28.7 Å². The monoisotopic (exact) mass is 512 g/mol. The number of nitrogens with two attached hydrogens (primary N) is 1. The molecule has 0 saturated carbocycles. The maximum atomic E-state index is 13.8. The first-order valence-electron chi connectivity index (χ1n) is 11.9. The molecule has 0 radical (unpaired) electrons. The number of rotatable bonds is 10. The van der Waals surface area contributed by atoms with Gasteiger partial charge in [0.05, 0.1) is 13.5 Å². The number of benzene rings is 2. The number of ether oxygens (including phenoxy) is 2. The number of primary amides is 1. The van der Waals surface area contributed by atoms with Gasteiger partial charge in [-0.15, -0.1) is 0 Å². The summed E-state index contributed by atoms with van der Waals surface area (Å²) in [5.74, 6) is -1.30. The maximum absolute atomic E-state index is 13.8. The Kier molecular flexibility index (Phi) is 10.0. The molecule has 2 aromatic carbocycles. The number of carbonyl (C=O) groups is 4. The largest absolute Gasteiger partial charge is 0.497 e. The van der Waals surface area contributed by atoms with Crippen molar-refractivity contribution in [2.45, 2.75) is 64.8 Å². The molecule has 37 heavy (non-hydrogen) atoms. The van der Waals surface area contributed by atoms with E-state index in [1.807, 2.05) is 0 Å². The van der Waals surface area contributed by atoms with Crippen LogP contribution in [0.25, 0.3) is 0 Å². The maximum Gasteiger partial charge on any atom is 0.408 e. The van der Waals surface area contributed by atoms with Crippen LogP contribution < -0.4 is 21.1 Å². The third-order valence-electron chi connectivity index (χ3n) is 5.20. The minimum Gasteiger partial charge on any atom is -0.497 e. The average Bonchev–Trinajstić information content (AvgIpc) is 2.80. The van der Waals surface area contributed by atoms with Crippen molar-refractivity contribution in [3.05, 3.63) is 60.2 Å². The number of amides is 4. The molecular weight excluding hydrogens is 476 g/mol. The molecule has 0 aromatic heterocycles. The molecule has 2 aromatic rings. The van der Waals surface area contributed by atoms with Crippen LogP contribution in [0.1, 0.15) is 52.6 Å². The molecule has 0 aliphatic rings. The summed E-state index contributed by atoms with van der Waals surface area (Å²) in [6.07, 6.45) is -1.35. The van der Waals surface area contributed by atoms with E-state index >= 15 is 0 Å². The molecule has 0 aliphatic heterocycles. The summed E-state index contributed by atoms with van der Waals surface area (Å²) in [7, 11) is 1.54. The third kappa shape index (κ3) is 8.82. The molecule has 0 saturated heterocycles. The zero-order valence-corrected chi connectivity index (χ0v) is 22.1. The van der Waals surface area contributed by atoms with Crippen LogP contribution in [0, 0.1) is 0 Å². The van der Waals surface area contributed by atoms with E-state index in [4.69, 9.17) is 15.2 Å². The smallest absolute Gasteiger partial charge is 0.408 e. The first-order valence-corrected chi connectivity index (χ1v) is 11.9. The van der Waals surface area contributed by atoms with Gasteiger partial charge >= 0.3 is 6.09 Å². The van der Waals surface area contributed by atoms with Crippen molar-refractivity contribution in [1.82, 2.24) is 10.2 Å². The minimum absolute atomic E-state index is 0.469. The zero-order chi connectivity index (χ0) is 27.8. The number of hydrogen-bond acceptors (Lipinski definition) is 6. The highest BCUT2D eigenvalue weighted by atomic mass is 16.6. The highest BCUT2D eigenvalue weighted by Gasteiger charge is 2.38. The first-order chi connectivity index (χ1) is 17.3. The molecule has 0 spiro atoms. The number of nitrogens with one attached hydrogen (secondary N) is 2. The van der Waals surface area contributed by atoms with Crippen LogP contribution in [0.15, 0.2) is 54.6 Å². The summed E-state index contributed by atoms with van der Waals surface area (Å²) in [6, 6.07) is 12.6. The van der Waals surface area contributed by atoms with Crippen LogP contribution in [-0.2, 0) is 19.1 Å². The summed E-state index contributed by atoms with van der Waals surface area (Å²) >= 11 is 0. The number of carbonyl (C=O) groups excluding carboxylic acids is 4. The molecule has 0 bridgehead atoms. The third-order valence-corrected chi connectivity index (χ3v) is 5.20. The van der Waals surface area contributed by atoms with E-state index in [1.54, 1.807) is 96.3 Å². The number of hydrogen-bond donors (Lipinski definition) is 3. The molecule has 2 unspecified atom stereocenters. The topological polar surface area (TPSA) is 140 Å². The van der Waals surface area contributed by atoms with Gasteiger partial charge < -0.3 is 30.7 Å². The van der Waals surface area contributed by atoms with Gasteiger partial charge in [0.2, 0.25) is 11.8 Å². The summed E-state index contributed by atoms with van der Waals surface area (Å²) in [6.45, 7) is 8.50. The summed E-state index contributed by atoms with van der Waals surface area (Å²) in [4.78, 5) is 53.1. The normalized spacial score (nSPS) is 12.7. The summed E-state index contributed by atoms with van der Waals surface area (Å²) in [5.41, 5.74) is 5.62. The van der Waals surface area contributed by atoms with Crippen molar-refractivity contribution in [2.24, 2.45) is 5.73 Å². The Hall–Kier alpha value is -4.08. The summed E-state index contributed by atoms with van der Waals surface area (Å²) < 4.78 is 10.4. The van der Waals surface area contributed by atoms with Gasteiger partial charge in [-0.25, -0.2) is 4.79 Å². The molecule has 0 fully saturated rings. The van der Waals surface area contributed by atoms with Gasteiger partial charge in [0.25, 0.3) is 5.91 Å². The second-order valence-corrected chi connectivity index (χ2v) is 9.74. The quantitative estimate of drug-likeness (QED) is 0.446. The van der Waals surface area contributed by atoms with Crippen LogP contribution in [0.3, 0.4) is 0 Å². The Labute approximate surface area is 217 Å². The van der Waals surface area contributed by atoms with Gasteiger partial charge in [-0.3, -0.25) is 14.4 Å². The van der Waals surface area contributed by atoms with Gasteiger partial charge in [0.1, 0.15) is 23.4 Å². The van der Waals surface area contributed by atoms with E-state index in [0.717, 1.165) is 0 Å². The van der Waals surface area contributed by atoms with Gasteiger partial charge in [-0.05, 0) is 64.4 Å². The Morgan fingerprint density at radius 1 is 0.973 bits per heavy atom. The van der Waals surface area contributed by atoms with Crippen LogP contribution in [0.4, 0.5) is 10.5 Å². The molecule has 2 atom stereocenters.